The fraction of sp³-hybridized carbons (Fsp3) is 0.333. The van der Waals surface area contributed by atoms with Gasteiger partial charge in [0.2, 0.25) is 0 Å². The molecule has 1 N–H and O–H groups in total. The molecule has 1 rings (SSSR count). The Balaban J connectivity index is 2.50. The van der Waals surface area contributed by atoms with Crippen molar-refractivity contribution in [2.75, 3.05) is 0 Å². The van der Waals surface area contributed by atoms with Gasteiger partial charge in [-0.05, 0) is 0 Å². The van der Waals surface area contributed by atoms with Gasteiger partial charge in [-0.25, -0.2) is 0 Å². The maximum absolute atomic E-state index is 3.18. The molecular weight excluding hydrogens is 187 g/mol. The Morgan fingerprint density at radius 2 is 2.62 bits per heavy atom. The zero-order valence-corrected chi connectivity index (χ0v) is 6.53. The van der Waals surface area contributed by atoms with E-state index in [9.17, 15) is 0 Å². The van der Waals surface area contributed by atoms with Crippen LogP contribution >= 0.6 is 0 Å². The molecule has 0 fully saturated rings. The summed E-state index contributed by atoms with van der Waals surface area (Å²) >= 11 is 0.469. The third-order valence-electron chi connectivity index (χ3n) is 0.812. The number of hydrogen-bond donors (Lipinski definition) is 1. The van der Waals surface area contributed by atoms with Gasteiger partial charge in [-0.2, -0.15) is 0 Å². The molecule has 0 saturated heterocycles. The van der Waals surface area contributed by atoms with Crippen LogP contribution in [0.25, 0.3) is 0 Å². The molecule has 0 aromatic carbocycles. The van der Waals surface area contributed by atoms with E-state index >= 15 is 0 Å². The van der Waals surface area contributed by atoms with E-state index in [4.69, 9.17) is 0 Å². The number of aromatic nitrogens is 1. The van der Waals surface area contributed by atoms with Crippen LogP contribution < -0.4 is 4.29 Å². The number of H-pyrrole nitrogens is 1. The quantitative estimate of drug-likeness (QED) is 0.683. The van der Waals surface area contributed by atoms with Crippen LogP contribution in [0.2, 0.25) is 5.02 Å². The van der Waals surface area contributed by atoms with Gasteiger partial charge in [0, 0.05) is 0 Å². The minimum atomic E-state index is 0.469. The van der Waals surface area contributed by atoms with Gasteiger partial charge >= 0.3 is 56.7 Å². The van der Waals surface area contributed by atoms with Crippen molar-refractivity contribution in [3.05, 3.63) is 18.3 Å². The van der Waals surface area contributed by atoms with E-state index in [0.29, 0.717) is 17.1 Å². The molecule has 1 aromatic rings. The van der Waals surface area contributed by atoms with E-state index in [1.165, 1.54) is 9.30 Å². The van der Waals surface area contributed by atoms with E-state index in [-0.39, 0.29) is 0 Å². The summed E-state index contributed by atoms with van der Waals surface area (Å²) in [5, 5.41) is 1.31. The van der Waals surface area contributed by atoms with Crippen molar-refractivity contribution in [1.82, 2.24) is 4.98 Å². The Morgan fingerprint density at radius 1 is 1.75 bits per heavy atom. The average molecular weight is 196 g/mol. The van der Waals surface area contributed by atoms with Gasteiger partial charge in [-0.15, -0.1) is 0 Å². The molecule has 0 unspecified atom stereocenters. The molecule has 0 bridgehead atoms. The second-order valence-corrected chi connectivity index (χ2v) is 4.16. The van der Waals surface area contributed by atoms with Gasteiger partial charge in [0.25, 0.3) is 0 Å². The molecule has 0 amide bonds. The molecule has 2 heteroatoms. The van der Waals surface area contributed by atoms with E-state index in [1.54, 1.807) is 0 Å². The molecule has 0 saturated carbocycles. The first kappa shape index (κ1) is 6.03. The van der Waals surface area contributed by atoms with E-state index in [1.807, 2.05) is 6.20 Å². The second-order valence-electron chi connectivity index (χ2n) is 1.38. The topological polar surface area (TPSA) is 15.8 Å². The van der Waals surface area contributed by atoms with Crippen LogP contribution in [0.3, 0.4) is 0 Å². The van der Waals surface area contributed by atoms with Gasteiger partial charge in [-0.1, -0.05) is 0 Å². The molecule has 8 heavy (non-hydrogen) atoms. The number of nitrogens with one attached hydrogen (secondary N) is 1. The second kappa shape index (κ2) is 3.03. The third kappa shape index (κ3) is 1.45. The molecule has 0 radical (unpaired) electrons. The summed E-state index contributed by atoms with van der Waals surface area (Å²) in [4.78, 5) is 3.18. The van der Waals surface area contributed by atoms with Gasteiger partial charge < -0.3 is 0 Å². The summed E-state index contributed by atoms with van der Waals surface area (Å²) in [6.45, 7) is 2.22. The summed E-state index contributed by atoms with van der Waals surface area (Å²) in [6.07, 6.45) is 1.99. The summed E-state index contributed by atoms with van der Waals surface area (Å²) < 4.78 is 1.43. The number of hydrogen-bond acceptors (Lipinski definition) is 0. The Labute approximate surface area is 57.1 Å². The predicted octanol–water partition coefficient (Wildman–Crippen LogP) is 1.16. The maximum atomic E-state index is 3.18. The van der Waals surface area contributed by atoms with Crippen LogP contribution in [-0.4, -0.2) is 4.98 Å². The van der Waals surface area contributed by atoms with Crippen LogP contribution in [0.4, 0.5) is 0 Å². The van der Waals surface area contributed by atoms with Crippen molar-refractivity contribution in [3.63, 3.8) is 0 Å². The van der Waals surface area contributed by atoms with Crippen LogP contribution in [-0.2, 0) is 17.1 Å². The average Bonchev–Trinajstić information content (AvgIpc) is 2.19. The molecule has 0 aliphatic carbocycles. The van der Waals surface area contributed by atoms with Crippen molar-refractivity contribution < 1.29 is 17.1 Å². The Hall–Kier alpha value is -0.0966. The SMILES string of the molecule is C[CH2][Ru][c]1ccc[nH]1. The van der Waals surface area contributed by atoms with Crippen LogP contribution in [0.15, 0.2) is 18.3 Å². The third-order valence-corrected chi connectivity index (χ3v) is 2.63. The molecule has 1 aromatic heterocycles. The molecule has 0 aliphatic heterocycles. The van der Waals surface area contributed by atoms with Crippen molar-refractivity contribution >= 4 is 4.29 Å². The summed E-state index contributed by atoms with van der Waals surface area (Å²) in [5.74, 6) is 0. The minimum absolute atomic E-state index is 0.469. The monoisotopic (exact) mass is 197 g/mol. The first-order valence-electron chi connectivity index (χ1n) is 2.63. The van der Waals surface area contributed by atoms with Crippen molar-refractivity contribution in [1.29, 1.82) is 0 Å². The summed E-state index contributed by atoms with van der Waals surface area (Å²) in [7, 11) is 0. The Kier molecular flexibility index (Phi) is 2.29. The molecule has 0 aliphatic rings. The predicted molar refractivity (Wildman–Crippen MR) is 30.9 cm³/mol. The Morgan fingerprint density at radius 3 is 3.12 bits per heavy atom. The zero-order valence-electron chi connectivity index (χ0n) is 4.79. The number of rotatable bonds is 2. The van der Waals surface area contributed by atoms with Crippen molar-refractivity contribution in [3.8, 4) is 0 Å². The van der Waals surface area contributed by atoms with E-state index in [0.717, 1.165) is 0 Å². The zero-order chi connectivity index (χ0) is 5.82. The summed E-state index contributed by atoms with van der Waals surface area (Å²) in [5.41, 5.74) is 0. The first-order chi connectivity index (χ1) is 3.93. The van der Waals surface area contributed by atoms with Crippen LogP contribution in [0.1, 0.15) is 6.92 Å². The molecule has 46 valence electrons. The van der Waals surface area contributed by atoms with Crippen molar-refractivity contribution in [2.24, 2.45) is 0 Å². The molecular formula is C6H9NRu. The normalized spacial score (nSPS) is 10.1. The molecule has 1 heterocycles. The van der Waals surface area contributed by atoms with Crippen LogP contribution in [0, 0.1) is 0 Å². The molecule has 0 atom stereocenters. The van der Waals surface area contributed by atoms with Crippen molar-refractivity contribution in [2.45, 2.75) is 11.9 Å². The van der Waals surface area contributed by atoms with Gasteiger partial charge in [0.1, 0.15) is 0 Å². The van der Waals surface area contributed by atoms with Gasteiger partial charge in [-0.3, -0.25) is 0 Å². The molecule has 1 nitrogen and oxygen atoms in total. The van der Waals surface area contributed by atoms with Crippen LogP contribution in [0.5, 0.6) is 0 Å². The summed E-state index contributed by atoms with van der Waals surface area (Å²) in [6, 6.07) is 4.21. The molecule has 0 spiro atoms. The van der Waals surface area contributed by atoms with Gasteiger partial charge in [0.05, 0.1) is 0 Å². The van der Waals surface area contributed by atoms with Gasteiger partial charge in [0.15, 0.2) is 0 Å². The first-order valence-corrected chi connectivity index (χ1v) is 4.73. The van der Waals surface area contributed by atoms with E-state index < -0.39 is 0 Å². The standard InChI is InChI=1S/C4H4N.C2H5.Ru/c1-2-4-5-3-1;1-2;/h1-3,5H;1H2,2H3;. The van der Waals surface area contributed by atoms with E-state index in [2.05, 4.69) is 24.0 Å². The fourth-order valence-corrected chi connectivity index (χ4v) is 1.87. The number of aromatic amines is 1. The fourth-order valence-electron chi connectivity index (χ4n) is 0.516. The Bertz CT molecular complexity index is 134.